The number of benzene rings is 1. The number of hydrogen-bond acceptors (Lipinski definition) is 4. The summed E-state index contributed by atoms with van der Waals surface area (Å²) in [5.41, 5.74) is 1.40. The van der Waals surface area contributed by atoms with Gasteiger partial charge in [-0.25, -0.2) is 8.42 Å². The maximum absolute atomic E-state index is 12.6. The molecule has 7 heteroatoms. The molecule has 1 aliphatic rings. The standard InChI is InChI=1S/C17H22N2O4S/c1-13(2)12-17(21)18-8-10-19(11-9-18)24(22,23)16-6-4-15(5-7-16)14(3)20/h4-7,12H,8-11H2,1-3H3. The lowest BCUT2D eigenvalue weighted by molar-refractivity contribution is -0.127. The summed E-state index contributed by atoms with van der Waals surface area (Å²) in [4.78, 5) is 25.1. The molecule has 0 aliphatic carbocycles. The van der Waals surface area contributed by atoms with Crippen LogP contribution in [0.3, 0.4) is 0 Å². The van der Waals surface area contributed by atoms with Crippen molar-refractivity contribution < 1.29 is 18.0 Å². The van der Waals surface area contributed by atoms with E-state index in [0.717, 1.165) is 5.57 Å². The summed E-state index contributed by atoms with van der Waals surface area (Å²) in [6.07, 6.45) is 1.56. The Bertz CT molecular complexity index is 754. The van der Waals surface area contributed by atoms with Crippen LogP contribution in [0.25, 0.3) is 0 Å². The van der Waals surface area contributed by atoms with Crippen molar-refractivity contribution in [3.8, 4) is 0 Å². The predicted molar refractivity (Wildman–Crippen MR) is 91.2 cm³/mol. The molecule has 1 saturated heterocycles. The summed E-state index contributed by atoms with van der Waals surface area (Å²) in [5, 5.41) is 0. The molecule has 1 heterocycles. The molecule has 1 aliphatic heterocycles. The molecule has 0 spiro atoms. The number of carbonyl (C=O) groups excluding carboxylic acids is 2. The number of allylic oxidation sites excluding steroid dienone is 1. The average Bonchev–Trinajstić information content (AvgIpc) is 2.54. The lowest BCUT2D eigenvalue weighted by atomic mass is 10.2. The van der Waals surface area contributed by atoms with Crippen LogP contribution in [0.4, 0.5) is 0 Å². The predicted octanol–water partition coefficient (Wildman–Crippen LogP) is 1.69. The van der Waals surface area contributed by atoms with Crippen LogP contribution in [0, 0.1) is 0 Å². The Hall–Kier alpha value is -1.99. The number of piperazine rings is 1. The second-order valence-electron chi connectivity index (χ2n) is 6.03. The maximum Gasteiger partial charge on any atom is 0.246 e. The van der Waals surface area contributed by atoms with Crippen LogP contribution in [0.1, 0.15) is 31.1 Å². The lowest BCUT2D eigenvalue weighted by Gasteiger charge is -2.33. The first-order valence-electron chi connectivity index (χ1n) is 7.77. The van der Waals surface area contributed by atoms with Crippen LogP contribution in [-0.4, -0.2) is 55.5 Å². The smallest absolute Gasteiger partial charge is 0.246 e. The molecule has 0 aromatic heterocycles. The summed E-state index contributed by atoms with van der Waals surface area (Å²) in [7, 11) is -3.61. The van der Waals surface area contributed by atoms with Crippen molar-refractivity contribution in [2.45, 2.75) is 25.7 Å². The van der Waals surface area contributed by atoms with Gasteiger partial charge in [-0.2, -0.15) is 4.31 Å². The second kappa shape index (κ2) is 7.27. The monoisotopic (exact) mass is 350 g/mol. The summed E-state index contributed by atoms with van der Waals surface area (Å²) < 4.78 is 26.7. The van der Waals surface area contributed by atoms with Crippen LogP contribution in [-0.2, 0) is 14.8 Å². The molecule has 0 bridgehead atoms. The van der Waals surface area contributed by atoms with Crippen molar-refractivity contribution in [3.63, 3.8) is 0 Å². The minimum absolute atomic E-state index is 0.0853. The molecule has 0 unspecified atom stereocenters. The Morgan fingerprint density at radius 1 is 0.958 bits per heavy atom. The second-order valence-corrected chi connectivity index (χ2v) is 7.97. The molecule has 2 rings (SSSR count). The van der Waals surface area contributed by atoms with Gasteiger partial charge in [0.1, 0.15) is 0 Å². The van der Waals surface area contributed by atoms with Gasteiger partial charge in [0.05, 0.1) is 4.90 Å². The van der Waals surface area contributed by atoms with Gasteiger partial charge in [-0.15, -0.1) is 0 Å². The summed E-state index contributed by atoms with van der Waals surface area (Å²) in [5.74, 6) is -0.191. The average molecular weight is 350 g/mol. The number of nitrogens with zero attached hydrogens (tertiary/aromatic N) is 2. The fourth-order valence-corrected chi connectivity index (χ4v) is 3.92. The third kappa shape index (κ3) is 4.10. The van der Waals surface area contributed by atoms with Crippen molar-refractivity contribution in [2.75, 3.05) is 26.2 Å². The van der Waals surface area contributed by atoms with E-state index in [2.05, 4.69) is 0 Å². The Morgan fingerprint density at radius 3 is 1.96 bits per heavy atom. The topological polar surface area (TPSA) is 74.8 Å². The molecule has 0 atom stereocenters. The number of Topliss-reactive ketones (excluding diaryl/α,β-unsaturated/α-hetero) is 1. The van der Waals surface area contributed by atoms with E-state index in [1.54, 1.807) is 11.0 Å². The summed E-state index contributed by atoms with van der Waals surface area (Å²) in [6.45, 7) is 6.40. The van der Waals surface area contributed by atoms with E-state index in [9.17, 15) is 18.0 Å². The van der Waals surface area contributed by atoms with Gasteiger partial charge in [-0.1, -0.05) is 17.7 Å². The Labute approximate surface area is 142 Å². The van der Waals surface area contributed by atoms with Crippen molar-refractivity contribution in [1.82, 2.24) is 9.21 Å². The van der Waals surface area contributed by atoms with E-state index in [-0.39, 0.29) is 29.7 Å². The van der Waals surface area contributed by atoms with Gasteiger partial charge in [0.2, 0.25) is 15.9 Å². The first-order valence-corrected chi connectivity index (χ1v) is 9.21. The number of sulfonamides is 1. The highest BCUT2D eigenvalue weighted by molar-refractivity contribution is 7.89. The van der Waals surface area contributed by atoms with E-state index in [4.69, 9.17) is 0 Å². The molecule has 24 heavy (non-hydrogen) atoms. The van der Waals surface area contributed by atoms with E-state index >= 15 is 0 Å². The van der Waals surface area contributed by atoms with Crippen LogP contribution in [0.2, 0.25) is 0 Å². The Kier molecular flexibility index (Phi) is 5.56. The maximum atomic E-state index is 12.6. The molecule has 6 nitrogen and oxygen atoms in total. The highest BCUT2D eigenvalue weighted by Crippen LogP contribution is 2.18. The SMILES string of the molecule is CC(=O)c1ccc(S(=O)(=O)N2CCN(C(=O)C=C(C)C)CC2)cc1. The molecule has 1 aromatic carbocycles. The van der Waals surface area contributed by atoms with Crippen LogP contribution in [0.5, 0.6) is 0 Å². The summed E-state index contributed by atoms with van der Waals surface area (Å²) in [6, 6.07) is 5.94. The first-order chi connectivity index (χ1) is 11.2. The number of ketones is 1. The Balaban J connectivity index is 2.08. The fraction of sp³-hybridized carbons (Fsp3) is 0.412. The quantitative estimate of drug-likeness (QED) is 0.612. The molecule has 1 amide bonds. The van der Waals surface area contributed by atoms with Crippen molar-refractivity contribution in [3.05, 3.63) is 41.5 Å². The zero-order valence-corrected chi connectivity index (χ0v) is 15.0. The molecular formula is C17H22N2O4S. The minimum atomic E-state index is -3.61. The number of rotatable bonds is 4. The van der Waals surface area contributed by atoms with E-state index in [1.807, 2.05) is 13.8 Å². The van der Waals surface area contributed by atoms with Gasteiger partial charge in [0, 0.05) is 37.8 Å². The lowest BCUT2D eigenvalue weighted by Crippen LogP contribution is -2.50. The zero-order valence-electron chi connectivity index (χ0n) is 14.2. The highest BCUT2D eigenvalue weighted by Gasteiger charge is 2.29. The third-order valence-electron chi connectivity index (χ3n) is 3.86. The number of amides is 1. The van der Waals surface area contributed by atoms with Crippen molar-refractivity contribution in [1.29, 1.82) is 0 Å². The van der Waals surface area contributed by atoms with E-state index < -0.39 is 10.0 Å². The van der Waals surface area contributed by atoms with Gasteiger partial charge < -0.3 is 4.90 Å². The third-order valence-corrected chi connectivity index (χ3v) is 5.77. The van der Waals surface area contributed by atoms with Gasteiger partial charge in [0.25, 0.3) is 0 Å². The highest BCUT2D eigenvalue weighted by atomic mass is 32.2. The van der Waals surface area contributed by atoms with Gasteiger partial charge in [-0.3, -0.25) is 9.59 Å². The largest absolute Gasteiger partial charge is 0.337 e. The number of carbonyl (C=O) groups is 2. The molecule has 1 fully saturated rings. The van der Waals surface area contributed by atoms with Crippen LogP contribution >= 0.6 is 0 Å². The molecule has 0 saturated carbocycles. The van der Waals surface area contributed by atoms with Crippen molar-refractivity contribution in [2.24, 2.45) is 0 Å². The molecule has 0 N–H and O–H groups in total. The molecule has 1 aromatic rings. The van der Waals surface area contributed by atoms with Crippen LogP contribution < -0.4 is 0 Å². The Morgan fingerprint density at radius 2 is 1.50 bits per heavy atom. The molecule has 0 radical (unpaired) electrons. The van der Waals surface area contributed by atoms with Crippen LogP contribution in [0.15, 0.2) is 40.8 Å². The van der Waals surface area contributed by atoms with Crippen molar-refractivity contribution >= 4 is 21.7 Å². The normalized spacial score (nSPS) is 15.9. The molecular weight excluding hydrogens is 328 g/mol. The van der Waals surface area contributed by atoms with E-state index in [0.29, 0.717) is 18.7 Å². The first kappa shape index (κ1) is 18.4. The van der Waals surface area contributed by atoms with Gasteiger partial charge >= 0.3 is 0 Å². The van der Waals surface area contributed by atoms with Gasteiger partial charge in [-0.05, 0) is 32.9 Å². The van der Waals surface area contributed by atoms with E-state index in [1.165, 1.54) is 35.5 Å². The molecule has 130 valence electrons. The fourth-order valence-electron chi connectivity index (χ4n) is 2.50. The zero-order chi connectivity index (χ0) is 17.9. The summed E-state index contributed by atoms with van der Waals surface area (Å²) >= 11 is 0. The number of hydrogen-bond donors (Lipinski definition) is 0. The minimum Gasteiger partial charge on any atom is -0.337 e. The van der Waals surface area contributed by atoms with Gasteiger partial charge in [0.15, 0.2) is 5.78 Å².